The Kier molecular flexibility index (Phi) is 2.44. The molecule has 1 fully saturated rings. The Hall–Kier alpha value is -1.07. The third-order valence-corrected chi connectivity index (χ3v) is 3.95. The number of hydrogen-bond donors (Lipinski definition) is 1. The molecule has 2 rings (SSSR count). The summed E-state index contributed by atoms with van der Waals surface area (Å²) in [5.74, 6) is 2.80. The maximum Gasteiger partial charge on any atom is 0.184 e. The molecule has 2 nitrogen and oxygen atoms in total. The first-order valence-electron chi connectivity index (χ1n) is 5.44. The summed E-state index contributed by atoms with van der Waals surface area (Å²) < 4.78 is 0. The molecule has 0 aliphatic heterocycles. The van der Waals surface area contributed by atoms with E-state index in [0.29, 0.717) is 0 Å². The lowest BCUT2D eigenvalue weighted by molar-refractivity contribution is -0.130. The summed E-state index contributed by atoms with van der Waals surface area (Å²) in [7, 11) is 0. The first-order chi connectivity index (χ1) is 7.07. The molecule has 2 aliphatic rings. The molecule has 0 radical (unpaired) electrons. The summed E-state index contributed by atoms with van der Waals surface area (Å²) in [5, 5.41) is 9.88. The second-order valence-electron chi connectivity index (χ2n) is 4.93. The van der Waals surface area contributed by atoms with Gasteiger partial charge in [0.25, 0.3) is 0 Å². The second kappa shape index (κ2) is 3.50. The minimum Gasteiger partial charge on any atom is -0.385 e. The number of carbonyl (C=O) groups excluding carboxylic acids is 1. The predicted octanol–water partition coefficient (Wildman–Crippen LogP) is 1.54. The molecule has 0 aromatic carbocycles. The van der Waals surface area contributed by atoms with Crippen molar-refractivity contribution in [3.63, 3.8) is 0 Å². The Morgan fingerprint density at radius 2 is 2.40 bits per heavy atom. The average Bonchev–Trinajstić information content (AvgIpc) is 2.24. The molecule has 2 heteroatoms. The van der Waals surface area contributed by atoms with Crippen LogP contribution in [-0.2, 0) is 4.79 Å². The molecule has 0 spiro atoms. The van der Waals surface area contributed by atoms with Gasteiger partial charge in [0.2, 0.25) is 0 Å². The standard InChI is InChI=1S/C13H16O2/c1-3-9-4-6-13(2)7-5-11(14)12(15)10(13)8-9/h1,5,7,9-10,12,15H,4,6,8H2,2H3/t9-,10+,12-,13-/m1/s1. The zero-order valence-corrected chi connectivity index (χ0v) is 8.94. The van der Waals surface area contributed by atoms with Crippen LogP contribution in [0.5, 0.6) is 0 Å². The Bertz CT molecular complexity index is 350. The molecule has 0 saturated heterocycles. The monoisotopic (exact) mass is 204 g/mol. The predicted molar refractivity (Wildman–Crippen MR) is 57.9 cm³/mol. The van der Waals surface area contributed by atoms with Crippen LogP contribution in [0.4, 0.5) is 0 Å². The van der Waals surface area contributed by atoms with E-state index < -0.39 is 6.10 Å². The van der Waals surface area contributed by atoms with Gasteiger partial charge in [0.1, 0.15) is 6.10 Å². The van der Waals surface area contributed by atoms with Gasteiger partial charge < -0.3 is 5.11 Å². The summed E-state index contributed by atoms with van der Waals surface area (Å²) in [6.45, 7) is 2.11. The molecular formula is C13H16O2. The van der Waals surface area contributed by atoms with Gasteiger partial charge >= 0.3 is 0 Å². The van der Waals surface area contributed by atoms with E-state index in [1.54, 1.807) is 0 Å². The van der Waals surface area contributed by atoms with Crippen LogP contribution in [0.2, 0.25) is 0 Å². The molecule has 0 aromatic rings. The fourth-order valence-corrected chi connectivity index (χ4v) is 2.78. The van der Waals surface area contributed by atoms with Crippen molar-refractivity contribution in [3.05, 3.63) is 12.2 Å². The van der Waals surface area contributed by atoms with E-state index in [2.05, 4.69) is 12.8 Å². The topological polar surface area (TPSA) is 37.3 Å². The zero-order chi connectivity index (χ0) is 11.1. The fraction of sp³-hybridized carbons (Fsp3) is 0.615. The third kappa shape index (κ3) is 1.61. The molecule has 0 bridgehead atoms. The van der Waals surface area contributed by atoms with Crippen LogP contribution >= 0.6 is 0 Å². The van der Waals surface area contributed by atoms with E-state index >= 15 is 0 Å². The van der Waals surface area contributed by atoms with Gasteiger partial charge in [-0.3, -0.25) is 4.79 Å². The van der Waals surface area contributed by atoms with Crippen molar-refractivity contribution in [1.29, 1.82) is 0 Å². The first kappa shape index (κ1) is 10.4. The van der Waals surface area contributed by atoms with Gasteiger partial charge in [-0.1, -0.05) is 13.0 Å². The van der Waals surface area contributed by atoms with E-state index in [1.807, 2.05) is 6.08 Å². The second-order valence-corrected chi connectivity index (χ2v) is 4.93. The number of allylic oxidation sites excluding steroid dienone is 1. The van der Waals surface area contributed by atoms with Crippen molar-refractivity contribution in [2.45, 2.75) is 32.3 Å². The minimum absolute atomic E-state index is 0.00444. The van der Waals surface area contributed by atoms with Crippen molar-refractivity contribution >= 4 is 5.78 Å². The number of terminal acetylenes is 1. The SMILES string of the molecule is C#C[C@@H]1CC[C@]2(C)C=CC(=O)[C@H](O)[C@@H]2C1. The van der Waals surface area contributed by atoms with Gasteiger partial charge in [-0.05, 0) is 30.8 Å². The van der Waals surface area contributed by atoms with Crippen LogP contribution in [0.3, 0.4) is 0 Å². The van der Waals surface area contributed by atoms with Gasteiger partial charge in [0.05, 0.1) is 0 Å². The molecule has 0 heterocycles. The molecule has 0 amide bonds. The van der Waals surface area contributed by atoms with E-state index in [4.69, 9.17) is 6.42 Å². The zero-order valence-electron chi connectivity index (χ0n) is 8.94. The van der Waals surface area contributed by atoms with E-state index in [0.717, 1.165) is 19.3 Å². The maximum absolute atomic E-state index is 11.4. The number of aliphatic hydroxyl groups is 1. The summed E-state index contributed by atoms with van der Waals surface area (Å²) in [6.07, 6.45) is 10.8. The highest BCUT2D eigenvalue weighted by atomic mass is 16.3. The minimum atomic E-state index is -0.851. The van der Waals surface area contributed by atoms with Crippen LogP contribution in [-0.4, -0.2) is 17.0 Å². The van der Waals surface area contributed by atoms with E-state index in [-0.39, 0.29) is 23.0 Å². The molecule has 0 unspecified atom stereocenters. The van der Waals surface area contributed by atoms with Crippen LogP contribution in [0.25, 0.3) is 0 Å². The number of fused-ring (bicyclic) bond motifs is 1. The van der Waals surface area contributed by atoms with E-state index in [1.165, 1.54) is 6.08 Å². The van der Waals surface area contributed by atoms with Crippen molar-refractivity contribution < 1.29 is 9.90 Å². The molecule has 0 aromatic heterocycles. The molecule has 2 aliphatic carbocycles. The van der Waals surface area contributed by atoms with Crippen LogP contribution in [0, 0.1) is 29.6 Å². The highest BCUT2D eigenvalue weighted by Gasteiger charge is 2.45. The lowest BCUT2D eigenvalue weighted by atomic mass is 9.60. The third-order valence-electron chi connectivity index (χ3n) is 3.95. The normalized spacial score (nSPS) is 44.6. The molecular weight excluding hydrogens is 188 g/mol. The summed E-state index contributed by atoms with van der Waals surface area (Å²) in [5.41, 5.74) is -0.0410. The molecule has 1 N–H and O–H groups in total. The number of aliphatic hydroxyl groups excluding tert-OH is 1. The number of hydrogen-bond acceptors (Lipinski definition) is 2. The molecule has 4 atom stereocenters. The molecule has 80 valence electrons. The fourth-order valence-electron chi connectivity index (χ4n) is 2.78. The molecule has 15 heavy (non-hydrogen) atoms. The number of rotatable bonds is 0. The highest BCUT2D eigenvalue weighted by molar-refractivity contribution is 5.94. The maximum atomic E-state index is 11.4. The van der Waals surface area contributed by atoms with Crippen molar-refractivity contribution in [1.82, 2.24) is 0 Å². The lowest BCUT2D eigenvalue weighted by Crippen LogP contribution is -2.45. The Balaban J connectivity index is 2.28. The van der Waals surface area contributed by atoms with Crippen LogP contribution < -0.4 is 0 Å². The van der Waals surface area contributed by atoms with Gasteiger partial charge in [-0.15, -0.1) is 12.3 Å². The van der Waals surface area contributed by atoms with Gasteiger partial charge in [-0.2, -0.15) is 0 Å². The quantitative estimate of drug-likeness (QED) is 0.608. The van der Waals surface area contributed by atoms with Crippen molar-refractivity contribution in [3.8, 4) is 12.3 Å². The Morgan fingerprint density at radius 1 is 1.67 bits per heavy atom. The average molecular weight is 204 g/mol. The summed E-state index contributed by atoms with van der Waals surface area (Å²) in [4.78, 5) is 11.4. The number of ketones is 1. The van der Waals surface area contributed by atoms with Gasteiger partial charge in [-0.25, -0.2) is 0 Å². The summed E-state index contributed by atoms with van der Waals surface area (Å²) >= 11 is 0. The number of carbonyl (C=O) groups is 1. The van der Waals surface area contributed by atoms with Gasteiger partial charge in [0.15, 0.2) is 5.78 Å². The first-order valence-corrected chi connectivity index (χ1v) is 5.44. The van der Waals surface area contributed by atoms with Gasteiger partial charge in [0, 0.05) is 11.8 Å². The van der Waals surface area contributed by atoms with Crippen LogP contribution in [0.1, 0.15) is 26.2 Å². The largest absolute Gasteiger partial charge is 0.385 e. The van der Waals surface area contributed by atoms with Crippen molar-refractivity contribution in [2.75, 3.05) is 0 Å². The van der Waals surface area contributed by atoms with Crippen LogP contribution in [0.15, 0.2) is 12.2 Å². The van der Waals surface area contributed by atoms with E-state index in [9.17, 15) is 9.90 Å². The smallest absolute Gasteiger partial charge is 0.184 e. The van der Waals surface area contributed by atoms with Crippen molar-refractivity contribution in [2.24, 2.45) is 17.3 Å². The lowest BCUT2D eigenvalue weighted by Gasteiger charge is -2.45. The Morgan fingerprint density at radius 3 is 3.07 bits per heavy atom. The highest BCUT2D eigenvalue weighted by Crippen LogP contribution is 2.47. The summed E-state index contributed by atoms with van der Waals surface area (Å²) in [6, 6.07) is 0. The molecule has 1 saturated carbocycles. The Labute approximate surface area is 90.4 Å².